The van der Waals surface area contributed by atoms with Gasteiger partial charge in [-0.2, -0.15) is 0 Å². The van der Waals surface area contributed by atoms with Crippen LogP contribution in [0, 0.1) is 3.57 Å². The highest BCUT2D eigenvalue weighted by Crippen LogP contribution is 2.18. The molecule has 1 aromatic carbocycles. The Balaban J connectivity index is 1.74. The van der Waals surface area contributed by atoms with E-state index in [1.165, 1.54) is 0 Å². The lowest BCUT2D eigenvalue weighted by Crippen LogP contribution is -2.15. The number of halogens is 1. The van der Waals surface area contributed by atoms with Gasteiger partial charge in [-0.3, -0.25) is 4.79 Å². The van der Waals surface area contributed by atoms with Gasteiger partial charge in [0.05, 0.1) is 6.42 Å². The number of H-pyrrole nitrogens is 1. The molecule has 0 aliphatic carbocycles. The number of fused-ring (bicyclic) bond motifs is 1. The van der Waals surface area contributed by atoms with Gasteiger partial charge in [0.25, 0.3) is 0 Å². The van der Waals surface area contributed by atoms with Crippen molar-refractivity contribution in [1.82, 2.24) is 9.97 Å². The predicted molar refractivity (Wildman–Crippen MR) is 87.6 cm³/mol. The molecule has 2 aromatic heterocycles. The maximum atomic E-state index is 12.0. The second-order valence-corrected chi connectivity index (χ2v) is 5.69. The summed E-state index contributed by atoms with van der Waals surface area (Å²) in [5.74, 6) is 0.513. The second kappa shape index (κ2) is 5.62. The van der Waals surface area contributed by atoms with E-state index in [9.17, 15) is 4.79 Å². The number of carbonyl (C=O) groups excluding carboxylic acids is 1. The van der Waals surface area contributed by atoms with Gasteiger partial charge in [-0.1, -0.05) is 18.2 Å². The molecule has 0 radical (unpaired) electrons. The molecule has 0 bridgehead atoms. The highest BCUT2D eigenvalue weighted by atomic mass is 127. The predicted octanol–water partition coefficient (Wildman–Crippen LogP) is 3.35. The number of pyridine rings is 1. The average Bonchev–Trinajstić information content (AvgIpc) is 2.85. The largest absolute Gasteiger partial charge is 0.361 e. The highest BCUT2D eigenvalue weighted by molar-refractivity contribution is 14.1. The van der Waals surface area contributed by atoms with Crippen molar-refractivity contribution in [2.24, 2.45) is 0 Å². The lowest BCUT2D eigenvalue weighted by molar-refractivity contribution is -0.115. The van der Waals surface area contributed by atoms with E-state index < -0.39 is 0 Å². The molecule has 0 aliphatic rings. The smallest absolute Gasteiger partial charge is 0.230 e. The molecule has 0 fully saturated rings. The molecular weight excluding hydrogens is 365 g/mol. The van der Waals surface area contributed by atoms with E-state index in [2.05, 4.69) is 37.9 Å². The van der Waals surface area contributed by atoms with Crippen molar-refractivity contribution in [3.05, 3.63) is 57.9 Å². The van der Waals surface area contributed by atoms with Crippen LogP contribution in [0.3, 0.4) is 0 Å². The van der Waals surface area contributed by atoms with E-state index in [0.29, 0.717) is 12.2 Å². The quantitative estimate of drug-likeness (QED) is 0.688. The van der Waals surface area contributed by atoms with Gasteiger partial charge in [0, 0.05) is 26.9 Å². The van der Waals surface area contributed by atoms with Crippen molar-refractivity contribution >= 4 is 45.2 Å². The number of carbonyl (C=O) groups is 1. The first-order valence-electron chi connectivity index (χ1n) is 6.19. The van der Waals surface area contributed by atoms with Crippen LogP contribution in [-0.4, -0.2) is 15.9 Å². The maximum Gasteiger partial charge on any atom is 0.230 e. The molecular formula is C15H12IN3O. The zero-order chi connectivity index (χ0) is 13.9. The molecule has 0 spiro atoms. The Morgan fingerprint density at radius 3 is 2.90 bits per heavy atom. The standard InChI is InChI=1S/C15H12IN3O/c16-11-5-6-14(18-9-11)19-15(20)7-10-8-17-13-4-2-1-3-12(10)13/h1-6,8-9,17H,7H2,(H,18,19,20). The van der Waals surface area contributed by atoms with E-state index in [1.54, 1.807) is 12.3 Å². The van der Waals surface area contributed by atoms with E-state index in [0.717, 1.165) is 20.0 Å². The van der Waals surface area contributed by atoms with Crippen LogP contribution in [-0.2, 0) is 11.2 Å². The summed E-state index contributed by atoms with van der Waals surface area (Å²) in [6.45, 7) is 0. The van der Waals surface area contributed by atoms with Crippen LogP contribution < -0.4 is 5.32 Å². The average molecular weight is 377 g/mol. The number of anilines is 1. The van der Waals surface area contributed by atoms with Crippen LogP contribution >= 0.6 is 22.6 Å². The number of aromatic amines is 1. The number of nitrogens with zero attached hydrogens (tertiary/aromatic N) is 1. The van der Waals surface area contributed by atoms with Crippen molar-refractivity contribution < 1.29 is 4.79 Å². The fraction of sp³-hybridized carbons (Fsp3) is 0.0667. The van der Waals surface area contributed by atoms with Gasteiger partial charge in [-0.15, -0.1) is 0 Å². The number of nitrogens with one attached hydrogen (secondary N) is 2. The first-order chi connectivity index (χ1) is 9.72. The molecule has 0 unspecified atom stereocenters. The Bertz CT molecular complexity index is 749. The SMILES string of the molecule is O=C(Cc1c[nH]c2ccccc12)Nc1ccc(I)cn1. The third-order valence-corrected chi connectivity index (χ3v) is 3.66. The molecule has 2 heterocycles. The van der Waals surface area contributed by atoms with Crippen molar-refractivity contribution in [3.8, 4) is 0 Å². The van der Waals surface area contributed by atoms with Crippen LogP contribution in [0.1, 0.15) is 5.56 Å². The van der Waals surface area contributed by atoms with Crippen molar-refractivity contribution in [3.63, 3.8) is 0 Å². The van der Waals surface area contributed by atoms with Crippen molar-refractivity contribution in [2.75, 3.05) is 5.32 Å². The maximum absolute atomic E-state index is 12.0. The zero-order valence-corrected chi connectivity index (χ0v) is 12.7. The molecule has 20 heavy (non-hydrogen) atoms. The minimum atomic E-state index is -0.0662. The molecule has 5 heteroatoms. The Hall–Kier alpha value is -1.89. The summed E-state index contributed by atoms with van der Waals surface area (Å²) < 4.78 is 1.04. The first-order valence-corrected chi connectivity index (χ1v) is 7.26. The molecule has 0 atom stereocenters. The van der Waals surface area contributed by atoms with Crippen LogP contribution in [0.15, 0.2) is 48.8 Å². The molecule has 2 N–H and O–H groups in total. The van der Waals surface area contributed by atoms with Gasteiger partial charge < -0.3 is 10.3 Å². The first kappa shape index (κ1) is 13.1. The molecule has 3 aromatic rings. The van der Waals surface area contributed by atoms with E-state index in [4.69, 9.17) is 0 Å². The number of rotatable bonds is 3. The Morgan fingerprint density at radius 2 is 2.10 bits per heavy atom. The molecule has 100 valence electrons. The van der Waals surface area contributed by atoms with E-state index >= 15 is 0 Å². The van der Waals surface area contributed by atoms with Gasteiger partial charge in [0.2, 0.25) is 5.91 Å². The fourth-order valence-corrected chi connectivity index (χ4v) is 2.41. The van der Waals surface area contributed by atoms with Crippen LogP contribution in [0.2, 0.25) is 0 Å². The monoisotopic (exact) mass is 377 g/mol. The molecule has 3 rings (SSSR count). The van der Waals surface area contributed by atoms with Gasteiger partial charge in [0.1, 0.15) is 5.82 Å². The Morgan fingerprint density at radius 1 is 1.25 bits per heavy atom. The number of hydrogen-bond acceptors (Lipinski definition) is 2. The van der Waals surface area contributed by atoms with Crippen molar-refractivity contribution in [2.45, 2.75) is 6.42 Å². The molecule has 0 saturated carbocycles. The fourth-order valence-electron chi connectivity index (χ4n) is 2.09. The Kier molecular flexibility index (Phi) is 3.68. The topological polar surface area (TPSA) is 57.8 Å². The van der Waals surface area contributed by atoms with Crippen molar-refractivity contribution in [1.29, 1.82) is 0 Å². The summed E-state index contributed by atoms with van der Waals surface area (Å²) in [6, 6.07) is 11.7. The number of amides is 1. The van der Waals surface area contributed by atoms with Gasteiger partial charge in [-0.25, -0.2) is 4.98 Å². The van der Waals surface area contributed by atoms with E-state index in [-0.39, 0.29) is 5.91 Å². The highest BCUT2D eigenvalue weighted by Gasteiger charge is 2.09. The molecule has 4 nitrogen and oxygen atoms in total. The third kappa shape index (κ3) is 2.82. The minimum Gasteiger partial charge on any atom is -0.361 e. The molecule has 0 aliphatic heterocycles. The normalized spacial score (nSPS) is 10.7. The van der Waals surface area contributed by atoms with Crippen LogP contribution in [0.5, 0.6) is 0 Å². The summed E-state index contributed by atoms with van der Waals surface area (Å²) >= 11 is 2.18. The van der Waals surface area contributed by atoms with E-state index in [1.807, 2.05) is 36.5 Å². The number of para-hydroxylation sites is 1. The van der Waals surface area contributed by atoms with Gasteiger partial charge >= 0.3 is 0 Å². The minimum absolute atomic E-state index is 0.0662. The molecule has 0 saturated heterocycles. The van der Waals surface area contributed by atoms with Gasteiger partial charge in [-0.05, 0) is 46.4 Å². The molecule has 1 amide bonds. The number of hydrogen-bond donors (Lipinski definition) is 2. The van der Waals surface area contributed by atoms with Gasteiger partial charge in [0.15, 0.2) is 0 Å². The second-order valence-electron chi connectivity index (χ2n) is 4.45. The van der Waals surface area contributed by atoms with Crippen LogP contribution in [0.25, 0.3) is 10.9 Å². The zero-order valence-electron chi connectivity index (χ0n) is 10.6. The summed E-state index contributed by atoms with van der Waals surface area (Å²) in [7, 11) is 0. The summed E-state index contributed by atoms with van der Waals surface area (Å²) in [5, 5.41) is 3.89. The summed E-state index contributed by atoms with van der Waals surface area (Å²) in [6.07, 6.45) is 3.94. The third-order valence-electron chi connectivity index (χ3n) is 3.02. The lowest BCUT2D eigenvalue weighted by atomic mass is 10.1. The summed E-state index contributed by atoms with van der Waals surface area (Å²) in [4.78, 5) is 19.4. The summed E-state index contributed by atoms with van der Waals surface area (Å²) in [5.41, 5.74) is 2.03. The Labute approximate surface area is 129 Å². The number of benzene rings is 1. The number of aromatic nitrogens is 2. The lowest BCUT2D eigenvalue weighted by Gasteiger charge is -2.03. The van der Waals surface area contributed by atoms with Crippen LogP contribution in [0.4, 0.5) is 5.82 Å².